The van der Waals surface area contributed by atoms with Crippen LogP contribution in [-0.4, -0.2) is 12.1 Å². The highest BCUT2D eigenvalue weighted by Crippen LogP contribution is 2.26. The number of nitrogens with zero attached hydrogens (tertiary/aromatic N) is 1. The van der Waals surface area contributed by atoms with Gasteiger partial charge in [0.15, 0.2) is 0 Å². The molecule has 0 amide bonds. The maximum absolute atomic E-state index is 5.26. The van der Waals surface area contributed by atoms with Gasteiger partial charge in [-0.15, -0.1) is 22.7 Å². The fourth-order valence-electron chi connectivity index (χ4n) is 2.00. The summed E-state index contributed by atoms with van der Waals surface area (Å²) in [6.07, 6.45) is 0. The van der Waals surface area contributed by atoms with E-state index in [0.717, 1.165) is 35.1 Å². The SMILES string of the molecule is COc1cccc(-c2nc(CNCc3cccs3)cs2)c1. The Morgan fingerprint density at radius 2 is 2.10 bits per heavy atom. The van der Waals surface area contributed by atoms with Crippen LogP contribution in [0.3, 0.4) is 0 Å². The van der Waals surface area contributed by atoms with Gasteiger partial charge in [-0.1, -0.05) is 18.2 Å². The van der Waals surface area contributed by atoms with Crippen LogP contribution in [0.1, 0.15) is 10.6 Å². The molecule has 0 radical (unpaired) electrons. The standard InChI is InChI=1S/C16H16N2OS2/c1-19-14-5-2-4-12(8-14)16-18-13(11-21-16)9-17-10-15-6-3-7-20-15/h2-8,11,17H,9-10H2,1H3. The number of aromatic nitrogens is 1. The van der Waals surface area contributed by atoms with Gasteiger partial charge in [0, 0.05) is 28.9 Å². The van der Waals surface area contributed by atoms with Crippen molar-refractivity contribution in [2.24, 2.45) is 0 Å². The van der Waals surface area contributed by atoms with Crippen LogP contribution < -0.4 is 10.1 Å². The first-order valence-corrected chi connectivity index (χ1v) is 8.43. The molecule has 3 aromatic rings. The molecule has 1 N–H and O–H groups in total. The Hall–Kier alpha value is -1.69. The maximum Gasteiger partial charge on any atom is 0.123 e. The fraction of sp³-hybridized carbons (Fsp3) is 0.188. The smallest absolute Gasteiger partial charge is 0.123 e. The highest BCUT2D eigenvalue weighted by Gasteiger charge is 2.05. The molecule has 0 aliphatic carbocycles. The van der Waals surface area contributed by atoms with E-state index in [1.165, 1.54) is 4.88 Å². The van der Waals surface area contributed by atoms with Crippen molar-refractivity contribution in [2.45, 2.75) is 13.1 Å². The lowest BCUT2D eigenvalue weighted by Gasteiger charge is -2.02. The van der Waals surface area contributed by atoms with Crippen molar-refractivity contribution in [3.05, 3.63) is 57.7 Å². The van der Waals surface area contributed by atoms with Gasteiger partial charge in [0.2, 0.25) is 0 Å². The lowest BCUT2D eigenvalue weighted by atomic mass is 10.2. The Morgan fingerprint density at radius 3 is 2.90 bits per heavy atom. The van der Waals surface area contributed by atoms with Gasteiger partial charge in [0.1, 0.15) is 10.8 Å². The summed E-state index contributed by atoms with van der Waals surface area (Å²) in [7, 11) is 1.68. The molecule has 0 spiro atoms. The Kier molecular flexibility index (Phi) is 4.65. The summed E-state index contributed by atoms with van der Waals surface area (Å²) in [4.78, 5) is 6.02. The summed E-state index contributed by atoms with van der Waals surface area (Å²) in [5, 5.41) is 8.66. The molecule has 3 nitrogen and oxygen atoms in total. The average molecular weight is 316 g/mol. The molecule has 0 unspecified atom stereocenters. The quantitative estimate of drug-likeness (QED) is 0.741. The van der Waals surface area contributed by atoms with Crippen LogP contribution in [0.25, 0.3) is 10.6 Å². The van der Waals surface area contributed by atoms with Crippen LogP contribution in [0, 0.1) is 0 Å². The Morgan fingerprint density at radius 1 is 1.14 bits per heavy atom. The number of hydrogen-bond acceptors (Lipinski definition) is 5. The van der Waals surface area contributed by atoms with Gasteiger partial charge in [-0.05, 0) is 23.6 Å². The largest absolute Gasteiger partial charge is 0.497 e. The van der Waals surface area contributed by atoms with E-state index in [1.54, 1.807) is 29.8 Å². The zero-order valence-corrected chi connectivity index (χ0v) is 13.3. The Bertz CT molecular complexity index is 692. The maximum atomic E-state index is 5.26. The van der Waals surface area contributed by atoms with Gasteiger partial charge >= 0.3 is 0 Å². The Labute approximate surface area is 132 Å². The van der Waals surface area contributed by atoms with Crippen LogP contribution in [0.4, 0.5) is 0 Å². The van der Waals surface area contributed by atoms with E-state index < -0.39 is 0 Å². The third-order valence-electron chi connectivity index (χ3n) is 3.05. The normalized spacial score (nSPS) is 10.7. The molecule has 3 rings (SSSR count). The number of benzene rings is 1. The zero-order valence-electron chi connectivity index (χ0n) is 11.7. The van der Waals surface area contributed by atoms with Gasteiger partial charge in [0.05, 0.1) is 12.8 Å². The zero-order chi connectivity index (χ0) is 14.5. The lowest BCUT2D eigenvalue weighted by molar-refractivity contribution is 0.415. The van der Waals surface area contributed by atoms with E-state index in [4.69, 9.17) is 4.74 Å². The molecule has 5 heteroatoms. The first-order valence-electron chi connectivity index (χ1n) is 6.67. The molecular weight excluding hydrogens is 300 g/mol. The highest BCUT2D eigenvalue weighted by atomic mass is 32.1. The minimum absolute atomic E-state index is 0.790. The molecular formula is C16H16N2OS2. The molecule has 0 fully saturated rings. The van der Waals surface area contributed by atoms with E-state index in [0.29, 0.717) is 0 Å². The molecule has 0 aliphatic rings. The molecule has 108 valence electrons. The van der Waals surface area contributed by atoms with Gasteiger partial charge in [-0.3, -0.25) is 0 Å². The second kappa shape index (κ2) is 6.85. The number of nitrogens with one attached hydrogen (secondary N) is 1. The van der Waals surface area contributed by atoms with Crippen molar-refractivity contribution >= 4 is 22.7 Å². The van der Waals surface area contributed by atoms with Crippen LogP contribution >= 0.6 is 22.7 Å². The third kappa shape index (κ3) is 3.69. The summed E-state index contributed by atoms with van der Waals surface area (Å²) in [5.41, 5.74) is 2.18. The number of hydrogen-bond donors (Lipinski definition) is 1. The summed E-state index contributed by atoms with van der Waals surface area (Å²) >= 11 is 3.44. The van der Waals surface area contributed by atoms with Crippen molar-refractivity contribution in [2.75, 3.05) is 7.11 Å². The summed E-state index contributed by atoms with van der Waals surface area (Å²) in [6, 6.07) is 12.2. The van der Waals surface area contributed by atoms with E-state index in [9.17, 15) is 0 Å². The predicted octanol–water partition coefficient (Wildman–Crippen LogP) is 4.17. The van der Waals surface area contributed by atoms with Crippen molar-refractivity contribution in [3.8, 4) is 16.3 Å². The molecule has 0 saturated carbocycles. The molecule has 0 bridgehead atoms. The van der Waals surface area contributed by atoms with E-state index in [1.807, 2.05) is 18.2 Å². The van der Waals surface area contributed by atoms with Crippen LogP contribution in [-0.2, 0) is 13.1 Å². The minimum atomic E-state index is 0.790. The molecule has 0 aliphatic heterocycles. The van der Waals surface area contributed by atoms with E-state index in [-0.39, 0.29) is 0 Å². The van der Waals surface area contributed by atoms with Crippen LogP contribution in [0.5, 0.6) is 5.75 Å². The third-order valence-corrected chi connectivity index (χ3v) is 4.87. The highest BCUT2D eigenvalue weighted by molar-refractivity contribution is 7.13. The molecule has 2 heterocycles. The topological polar surface area (TPSA) is 34.1 Å². The van der Waals surface area contributed by atoms with E-state index >= 15 is 0 Å². The summed E-state index contributed by atoms with van der Waals surface area (Å²) in [5.74, 6) is 0.861. The van der Waals surface area contributed by atoms with Gasteiger partial charge in [-0.2, -0.15) is 0 Å². The van der Waals surface area contributed by atoms with Gasteiger partial charge < -0.3 is 10.1 Å². The second-order valence-electron chi connectivity index (χ2n) is 4.56. The number of methoxy groups -OCH3 is 1. The molecule has 1 aromatic carbocycles. The van der Waals surface area contributed by atoms with Gasteiger partial charge in [-0.25, -0.2) is 4.98 Å². The lowest BCUT2D eigenvalue weighted by Crippen LogP contribution is -2.11. The number of thiophene rings is 1. The first kappa shape index (κ1) is 14.3. The monoisotopic (exact) mass is 316 g/mol. The van der Waals surface area contributed by atoms with Crippen LogP contribution in [0.15, 0.2) is 47.2 Å². The molecule has 0 saturated heterocycles. The summed E-state index contributed by atoms with van der Waals surface area (Å²) < 4.78 is 5.26. The molecule has 21 heavy (non-hydrogen) atoms. The fourth-order valence-corrected chi connectivity index (χ4v) is 3.49. The average Bonchev–Trinajstić information content (AvgIpc) is 3.19. The van der Waals surface area contributed by atoms with Crippen molar-refractivity contribution in [1.29, 1.82) is 0 Å². The first-order chi connectivity index (χ1) is 10.3. The second-order valence-corrected chi connectivity index (χ2v) is 6.45. The van der Waals surface area contributed by atoms with Gasteiger partial charge in [0.25, 0.3) is 0 Å². The Balaban J connectivity index is 1.62. The molecule has 2 aromatic heterocycles. The van der Waals surface area contributed by atoms with Crippen molar-refractivity contribution < 1.29 is 4.74 Å². The number of ether oxygens (including phenoxy) is 1. The van der Waals surface area contributed by atoms with Crippen molar-refractivity contribution in [3.63, 3.8) is 0 Å². The number of thiazole rings is 1. The number of rotatable bonds is 6. The predicted molar refractivity (Wildman–Crippen MR) is 89.0 cm³/mol. The van der Waals surface area contributed by atoms with E-state index in [2.05, 4.69) is 39.3 Å². The van der Waals surface area contributed by atoms with Crippen LogP contribution in [0.2, 0.25) is 0 Å². The minimum Gasteiger partial charge on any atom is -0.497 e. The summed E-state index contributed by atoms with van der Waals surface area (Å²) in [6.45, 7) is 1.68. The van der Waals surface area contributed by atoms with Crippen molar-refractivity contribution in [1.82, 2.24) is 10.3 Å². The molecule has 0 atom stereocenters.